The van der Waals surface area contributed by atoms with Gasteiger partial charge in [0.1, 0.15) is 18.0 Å². The molecule has 6 nitrogen and oxygen atoms in total. The highest BCUT2D eigenvalue weighted by molar-refractivity contribution is 5.95. The van der Waals surface area contributed by atoms with Crippen molar-refractivity contribution in [1.29, 1.82) is 0 Å². The largest absolute Gasteiger partial charge is 0.396 e. The van der Waals surface area contributed by atoms with Crippen LogP contribution in [0.1, 0.15) is 16.2 Å². The van der Waals surface area contributed by atoms with E-state index in [1.165, 1.54) is 11.0 Å². The van der Waals surface area contributed by atoms with E-state index >= 15 is 0 Å². The van der Waals surface area contributed by atoms with Gasteiger partial charge in [-0.1, -0.05) is 0 Å². The summed E-state index contributed by atoms with van der Waals surface area (Å²) in [6.07, 6.45) is 1.47. The van der Waals surface area contributed by atoms with E-state index in [-0.39, 0.29) is 17.8 Å². The van der Waals surface area contributed by atoms with Gasteiger partial charge < -0.3 is 11.1 Å². The minimum absolute atomic E-state index is 0.0381. The van der Waals surface area contributed by atoms with Crippen LogP contribution in [0, 0.1) is 11.6 Å². The van der Waals surface area contributed by atoms with Crippen LogP contribution in [0.5, 0.6) is 0 Å². The van der Waals surface area contributed by atoms with E-state index in [0.29, 0.717) is 11.9 Å². The maximum absolute atomic E-state index is 13.4. The van der Waals surface area contributed by atoms with Crippen molar-refractivity contribution in [3.05, 3.63) is 41.5 Å². The second kappa shape index (κ2) is 5.01. The molecule has 0 fully saturated rings. The molecule has 1 heterocycles. The number of hydrogen-bond donors (Lipinski definition) is 2. The second-order valence-electron chi connectivity index (χ2n) is 3.87. The summed E-state index contributed by atoms with van der Waals surface area (Å²) in [6, 6.07) is 1.52. The van der Waals surface area contributed by atoms with E-state index in [1.807, 2.05) is 0 Å². The molecule has 1 amide bonds. The zero-order valence-corrected chi connectivity index (χ0v) is 10.0. The molecule has 0 unspecified atom stereocenters. The smallest absolute Gasteiger partial charge is 0.254 e. The number of nitrogens with one attached hydrogen (secondary N) is 1. The van der Waals surface area contributed by atoms with Gasteiger partial charge in [-0.3, -0.25) is 9.48 Å². The molecule has 0 radical (unpaired) electrons. The Bertz CT molecular complexity index is 626. The Morgan fingerprint density at radius 1 is 1.42 bits per heavy atom. The van der Waals surface area contributed by atoms with Crippen molar-refractivity contribution in [2.75, 3.05) is 5.73 Å². The molecule has 0 saturated carbocycles. The fraction of sp³-hybridized carbons (Fsp3) is 0.182. The Hall–Kier alpha value is -2.51. The molecular weight excluding hydrogens is 256 g/mol. The SMILES string of the molecule is Cn1cnc(CNC(=O)c2cc(N)c(F)cc2F)n1. The van der Waals surface area contributed by atoms with Gasteiger partial charge in [0, 0.05) is 13.1 Å². The van der Waals surface area contributed by atoms with Gasteiger partial charge in [-0.05, 0) is 6.07 Å². The maximum atomic E-state index is 13.4. The minimum atomic E-state index is -0.974. The fourth-order valence-corrected chi connectivity index (χ4v) is 1.46. The summed E-state index contributed by atoms with van der Waals surface area (Å²) in [7, 11) is 1.68. The summed E-state index contributed by atoms with van der Waals surface area (Å²) in [6.45, 7) is 0.0381. The number of amides is 1. The number of carbonyl (C=O) groups excluding carboxylic acids is 1. The Labute approximate surface area is 107 Å². The number of nitrogen functional groups attached to an aromatic ring is 1. The number of rotatable bonds is 3. The molecule has 0 bridgehead atoms. The molecule has 2 aromatic rings. The van der Waals surface area contributed by atoms with E-state index in [2.05, 4.69) is 15.4 Å². The fourth-order valence-electron chi connectivity index (χ4n) is 1.46. The lowest BCUT2D eigenvalue weighted by Gasteiger charge is -2.06. The third-order valence-electron chi connectivity index (χ3n) is 2.39. The Kier molecular flexibility index (Phi) is 3.41. The van der Waals surface area contributed by atoms with Crippen molar-refractivity contribution >= 4 is 11.6 Å². The zero-order valence-electron chi connectivity index (χ0n) is 10.0. The number of benzene rings is 1. The average Bonchev–Trinajstić information content (AvgIpc) is 2.77. The van der Waals surface area contributed by atoms with Gasteiger partial charge in [0.15, 0.2) is 5.82 Å². The van der Waals surface area contributed by atoms with Crippen LogP contribution in [-0.4, -0.2) is 20.7 Å². The lowest BCUT2D eigenvalue weighted by atomic mass is 10.1. The highest BCUT2D eigenvalue weighted by atomic mass is 19.1. The lowest BCUT2D eigenvalue weighted by molar-refractivity contribution is 0.0946. The molecule has 0 saturated heterocycles. The summed E-state index contributed by atoms with van der Waals surface area (Å²) in [5, 5.41) is 6.36. The molecule has 2 rings (SSSR count). The molecule has 0 atom stereocenters. The quantitative estimate of drug-likeness (QED) is 0.798. The van der Waals surface area contributed by atoms with Crippen LogP contribution in [0.15, 0.2) is 18.5 Å². The highest BCUT2D eigenvalue weighted by Gasteiger charge is 2.15. The van der Waals surface area contributed by atoms with Gasteiger partial charge >= 0.3 is 0 Å². The third kappa shape index (κ3) is 2.84. The van der Waals surface area contributed by atoms with Crippen LogP contribution < -0.4 is 11.1 Å². The number of nitrogens with two attached hydrogens (primary N) is 1. The van der Waals surface area contributed by atoms with Crippen molar-refractivity contribution in [2.45, 2.75) is 6.54 Å². The third-order valence-corrected chi connectivity index (χ3v) is 2.39. The van der Waals surface area contributed by atoms with Crippen molar-refractivity contribution in [2.24, 2.45) is 7.05 Å². The number of carbonyl (C=O) groups is 1. The standard InChI is InChI=1S/C11H11F2N5O/c1-18-5-16-10(17-18)4-15-11(19)6-2-9(14)8(13)3-7(6)12/h2-3,5H,4,14H2,1H3,(H,15,19). The molecule has 19 heavy (non-hydrogen) atoms. The summed E-state index contributed by atoms with van der Waals surface area (Å²) in [4.78, 5) is 15.6. The van der Waals surface area contributed by atoms with Crippen molar-refractivity contribution in [1.82, 2.24) is 20.1 Å². The number of hydrogen-bond acceptors (Lipinski definition) is 4. The first-order chi connectivity index (χ1) is 8.97. The van der Waals surface area contributed by atoms with Crippen LogP contribution in [-0.2, 0) is 13.6 Å². The van der Waals surface area contributed by atoms with Gasteiger partial charge in [0.2, 0.25) is 0 Å². The maximum Gasteiger partial charge on any atom is 0.254 e. The molecule has 1 aromatic carbocycles. The second-order valence-corrected chi connectivity index (χ2v) is 3.87. The molecule has 0 spiro atoms. The molecule has 1 aromatic heterocycles. The molecule has 3 N–H and O–H groups in total. The summed E-state index contributed by atoms with van der Waals surface area (Å²) >= 11 is 0. The van der Waals surface area contributed by atoms with Crippen molar-refractivity contribution < 1.29 is 13.6 Å². The minimum Gasteiger partial charge on any atom is -0.396 e. The molecule has 8 heteroatoms. The van der Waals surface area contributed by atoms with Gasteiger partial charge in [-0.15, -0.1) is 0 Å². The first-order valence-electron chi connectivity index (χ1n) is 5.34. The Morgan fingerprint density at radius 3 is 2.79 bits per heavy atom. The van der Waals surface area contributed by atoms with Crippen LogP contribution >= 0.6 is 0 Å². The van der Waals surface area contributed by atoms with E-state index < -0.39 is 17.5 Å². The van der Waals surface area contributed by atoms with Gasteiger partial charge in [-0.2, -0.15) is 5.10 Å². The van der Waals surface area contributed by atoms with E-state index in [9.17, 15) is 13.6 Å². The lowest BCUT2D eigenvalue weighted by Crippen LogP contribution is -2.24. The summed E-state index contributed by atoms with van der Waals surface area (Å²) in [5.74, 6) is -2.21. The van der Waals surface area contributed by atoms with Crippen LogP contribution in [0.2, 0.25) is 0 Å². The number of halogens is 2. The number of aromatic nitrogens is 3. The Balaban J connectivity index is 2.10. The topological polar surface area (TPSA) is 85.8 Å². The van der Waals surface area contributed by atoms with Gasteiger partial charge in [0.05, 0.1) is 17.8 Å². The zero-order chi connectivity index (χ0) is 14.0. The predicted octanol–water partition coefficient (Wildman–Crippen LogP) is 0.605. The molecular formula is C11H11F2N5O. The van der Waals surface area contributed by atoms with E-state index in [0.717, 1.165) is 6.07 Å². The normalized spacial score (nSPS) is 10.5. The summed E-state index contributed by atoms with van der Waals surface area (Å²) in [5.41, 5.74) is 4.67. The first kappa shape index (κ1) is 12.9. The first-order valence-corrected chi connectivity index (χ1v) is 5.34. The number of aryl methyl sites for hydroxylation is 1. The monoisotopic (exact) mass is 267 g/mol. The number of anilines is 1. The van der Waals surface area contributed by atoms with Crippen LogP contribution in [0.25, 0.3) is 0 Å². The average molecular weight is 267 g/mol. The van der Waals surface area contributed by atoms with Gasteiger partial charge in [-0.25, -0.2) is 13.8 Å². The van der Waals surface area contributed by atoms with E-state index in [1.54, 1.807) is 7.05 Å². The molecule has 0 aliphatic heterocycles. The van der Waals surface area contributed by atoms with Crippen molar-refractivity contribution in [3.63, 3.8) is 0 Å². The predicted molar refractivity (Wildman–Crippen MR) is 62.9 cm³/mol. The molecule has 100 valence electrons. The van der Waals surface area contributed by atoms with Crippen molar-refractivity contribution in [3.8, 4) is 0 Å². The number of nitrogens with zero attached hydrogens (tertiary/aromatic N) is 3. The van der Waals surface area contributed by atoms with E-state index in [4.69, 9.17) is 5.73 Å². The highest BCUT2D eigenvalue weighted by Crippen LogP contribution is 2.16. The van der Waals surface area contributed by atoms with Gasteiger partial charge in [0.25, 0.3) is 5.91 Å². The molecule has 0 aliphatic rings. The Morgan fingerprint density at radius 2 is 2.16 bits per heavy atom. The summed E-state index contributed by atoms with van der Waals surface area (Å²) < 4.78 is 27.8. The van der Waals surface area contributed by atoms with Crippen LogP contribution in [0.4, 0.5) is 14.5 Å². The van der Waals surface area contributed by atoms with Crippen LogP contribution in [0.3, 0.4) is 0 Å². The molecule has 0 aliphatic carbocycles.